The molecule has 1 unspecified atom stereocenters. The number of hydrogen-bond donors (Lipinski definition) is 1. The number of anilines is 1. The van der Waals surface area contributed by atoms with E-state index >= 15 is 0 Å². The van der Waals surface area contributed by atoms with E-state index in [4.69, 9.17) is 0 Å². The van der Waals surface area contributed by atoms with Crippen LogP contribution in [0.15, 0.2) is 54.6 Å². The maximum Gasteiger partial charge on any atom is 0.128 e. The summed E-state index contributed by atoms with van der Waals surface area (Å²) in [5.74, 6) is -0.350. The zero-order chi connectivity index (χ0) is 13.7. The minimum Gasteiger partial charge on any atom is -0.388 e. The van der Waals surface area contributed by atoms with Crippen molar-refractivity contribution in [3.05, 3.63) is 66.0 Å². The Kier molecular flexibility index (Phi) is 4.53. The molecular weight excluding hydrogens is 241 g/mol. The van der Waals surface area contributed by atoms with Crippen LogP contribution >= 0.6 is 0 Å². The Morgan fingerprint density at radius 1 is 1.05 bits per heavy atom. The maximum atomic E-state index is 13.5. The molecule has 0 saturated carbocycles. The number of hydrogen-bond acceptors (Lipinski definition) is 2. The van der Waals surface area contributed by atoms with Gasteiger partial charge in [0, 0.05) is 24.8 Å². The van der Waals surface area contributed by atoms with Crippen molar-refractivity contribution in [3.8, 4) is 0 Å². The molecule has 1 N–H and O–H groups in total. The lowest BCUT2D eigenvalue weighted by Gasteiger charge is -2.21. The highest BCUT2D eigenvalue weighted by Crippen LogP contribution is 2.21. The van der Waals surface area contributed by atoms with E-state index in [1.54, 1.807) is 18.2 Å². The van der Waals surface area contributed by atoms with Crippen molar-refractivity contribution >= 4 is 5.69 Å². The summed E-state index contributed by atoms with van der Waals surface area (Å²) in [6.07, 6.45) is -0.279. The second-order valence-electron chi connectivity index (χ2n) is 4.58. The Morgan fingerprint density at radius 2 is 1.68 bits per heavy atom. The van der Waals surface area contributed by atoms with Crippen molar-refractivity contribution < 1.29 is 9.50 Å². The molecule has 2 aromatic carbocycles. The van der Waals surface area contributed by atoms with E-state index in [9.17, 15) is 9.50 Å². The molecule has 2 aromatic rings. The molecule has 19 heavy (non-hydrogen) atoms. The van der Waals surface area contributed by atoms with Crippen molar-refractivity contribution in [1.29, 1.82) is 0 Å². The predicted octanol–water partition coefficient (Wildman–Crippen LogP) is 3.39. The number of halogens is 1. The quantitative estimate of drug-likeness (QED) is 0.889. The second kappa shape index (κ2) is 6.34. The molecular formula is C16H18FNO. The van der Waals surface area contributed by atoms with Gasteiger partial charge in [0.15, 0.2) is 0 Å². The summed E-state index contributed by atoms with van der Waals surface area (Å²) >= 11 is 0. The maximum absolute atomic E-state index is 13.5. The standard InChI is InChI=1S/C16H18FNO/c1-18(13-7-3-2-4-8-13)12-11-16(19)14-9-5-6-10-15(14)17/h2-10,16,19H,11-12H2,1H3. The molecule has 0 radical (unpaired) electrons. The van der Waals surface area contributed by atoms with Crippen LogP contribution in [0.3, 0.4) is 0 Å². The van der Waals surface area contributed by atoms with Crippen LogP contribution in [-0.2, 0) is 0 Å². The van der Waals surface area contributed by atoms with Gasteiger partial charge in [-0.15, -0.1) is 0 Å². The first-order valence-corrected chi connectivity index (χ1v) is 6.37. The molecule has 0 fully saturated rings. The first-order valence-electron chi connectivity index (χ1n) is 6.37. The van der Waals surface area contributed by atoms with Crippen LogP contribution in [0.5, 0.6) is 0 Å². The van der Waals surface area contributed by atoms with Gasteiger partial charge in [-0.1, -0.05) is 36.4 Å². The number of aliphatic hydroxyl groups excluding tert-OH is 1. The first kappa shape index (κ1) is 13.6. The molecule has 100 valence electrons. The Balaban J connectivity index is 1.94. The van der Waals surface area contributed by atoms with Crippen LogP contribution < -0.4 is 4.90 Å². The highest BCUT2D eigenvalue weighted by atomic mass is 19.1. The molecule has 1 atom stereocenters. The molecule has 0 aliphatic heterocycles. The third-order valence-corrected chi connectivity index (χ3v) is 3.20. The summed E-state index contributed by atoms with van der Waals surface area (Å²) < 4.78 is 13.5. The molecule has 2 nitrogen and oxygen atoms in total. The highest BCUT2D eigenvalue weighted by molar-refractivity contribution is 5.44. The third-order valence-electron chi connectivity index (χ3n) is 3.20. The number of aliphatic hydroxyl groups is 1. The van der Waals surface area contributed by atoms with Crippen LogP contribution in [-0.4, -0.2) is 18.7 Å². The van der Waals surface area contributed by atoms with Crippen molar-refractivity contribution in [2.75, 3.05) is 18.5 Å². The minimum atomic E-state index is -0.771. The van der Waals surface area contributed by atoms with Crippen LogP contribution in [0.4, 0.5) is 10.1 Å². The van der Waals surface area contributed by atoms with E-state index in [1.165, 1.54) is 6.07 Å². The minimum absolute atomic E-state index is 0.350. The van der Waals surface area contributed by atoms with Gasteiger partial charge in [0.1, 0.15) is 5.82 Å². The fraction of sp³-hybridized carbons (Fsp3) is 0.250. The number of para-hydroxylation sites is 1. The van der Waals surface area contributed by atoms with Gasteiger partial charge in [0.05, 0.1) is 6.10 Å². The SMILES string of the molecule is CN(CCC(O)c1ccccc1F)c1ccccc1. The zero-order valence-corrected chi connectivity index (χ0v) is 11.0. The zero-order valence-electron chi connectivity index (χ0n) is 11.0. The fourth-order valence-corrected chi connectivity index (χ4v) is 2.03. The molecule has 0 aromatic heterocycles. The molecule has 0 spiro atoms. The van der Waals surface area contributed by atoms with Crippen LogP contribution in [0.25, 0.3) is 0 Å². The van der Waals surface area contributed by atoms with Gasteiger partial charge in [-0.25, -0.2) is 4.39 Å². The number of rotatable bonds is 5. The average Bonchev–Trinajstić information content (AvgIpc) is 2.46. The highest BCUT2D eigenvalue weighted by Gasteiger charge is 2.12. The summed E-state index contributed by atoms with van der Waals surface area (Å²) in [5.41, 5.74) is 1.45. The lowest BCUT2D eigenvalue weighted by Crippen LogP contribution is -2.20. The average molecular weight is 259 g/mol. The fourth-order valence-electron chi connectivity index (χ4n) is 2.03. The molecule has 0 saturated heterocycles. The van der Waals surface area contributed by atoms with Gasteiger partial charge in [-0.3, -0.25) is 0 Å². The Hall–Kier alpha value is -1.87. The normalized spacial score (nSPS) is 12.2. The summed E-state index contributed by atoms with van der Waals surface area (Å²) in [6.45, 7) is 0.666. The second-order valence-corrected chi connectivity index (χ2v) is 4.58. The van der Waals surface area contributed by atoms with E-state index in [-0.39, 0.29) is 5.82 Å². The summed E-state index contributed by atoms with van der Waals surface area (Å²) in [6, 6.07) is 16.3. The molecule has 0 amide bonds. The van der Waals surface area contributed by atoms with Crippen molar-refractivity contribution in [2.45, 2.75) is 12.5 Å². The van der Waals surface area contributed by atoms with E-state index in [2.05, 4.69) is 0 Å². The molecule has 3 heteroatoms. The van der Waals surface area contributed by atoms with Gasteiger partial charge in [0.2, 0.25) is 0 Å². The number of nitrogens with zero attached hydrogens (tertiary/aromatic N) is 1. The largest absolute Gasteiger partial charge is 0.388 e. The molecule has 0 heterocycles. The van der Waals surface area contributed by atoms with E-state index in [0.717, 1.165) is 5.69 Å². The lowest BCUT2D eigenvalue weighted by molar-refractivity contribution is 0.165. The van der Waals surface area contributed by atoms with Crippen LogP contribution in [0, 0.1) is 5.82 Å². The van der Waals surface area contributed by atoms with Gasteiger partial charge in [-0.2, -0.15) is 0 Å². The van der Waals surface area contributed by atoms with Crippen molar-refractivity contribution in [3.63, 3.8) is 0 Å². The van der Waals surface area contributed by atoms with Crippen molar-refractivity contribution in [2.24, 2.45) is 0 Å². The summed E-state index contributed by atoms with van der Waals surface area (Å²) in [5, 5.41) is 10.0. The number of benzene rings is 2. The van der Waals surface area contributed by atoms with Crippen LogP contribution in [0.1, 0.15) is 18.1 Å². The topological polar surface area (TPSA) is 23.5 Å². The van der Waals surface area contributed by atoms with Gasteiger partial charge >= 0.3 is 0 Å². The summed E-state index contributed by atoms with van der Waals surface area (Å²) in [4.78, 5) is 2.05. The molecule has 0 aliphatic rings. The first-order chi connectivity index (χ1) is 9.18. The van der Waals surface area contributed by atoms with E-state index < -0.39 is 6.10 Å². The van der Waals surface area contributed by atoms with E-state index in [1.807, 2.05) is 42.3 Å². The molecule has 2 rings (SSSR count). The Labute approximate surface area is 113 Å². The summed E-state index contributed by atoms with van der Waals surface area (Å²) in [7, 11) is 1.96. The van der Waals surface area contributed by atoms with Gasteiger partial charge in [0.25, 0.3) is 0 Å². The smallest absolute Gasteiger partial charge is 0.128 e. The molecule has 0 bridgehead atoms. The lowest BCUT2D eigenvalue weighted by atomic mass is 10.1. The van der Waals surface area contributed by atoms with E-state index in [0.29, 0.717) is 18.5 Å². The third kappa shape index (κ3) is 3.55. The van der Waals surface area contributed by atoms with Crippen molar-refractivity contribution in [1.82, 2.24) is 0 Å². The Morgan fingerprint density at radius 3 is 2.37 bits per heavy atom. The Bertz CT molecular complexity index is 515. The monoisotopic (exact) mass is 259 g/mol. The van der Waals surface area contributed by atoms with Gasteiger partial charge in [-0.05, 0) is 24.6 Å². The predicted molar refractivity (Wildman–Crippen MR) is 75.7 cm³/mol. The van der Waals surface area contributed by atoms with Crippen LogP contribution in [0.2, 0.25) is 0 Å². The molecule has 0 aliphatic carbocycles. The van der Waals surface area contributed by atoms with Gasteiger partial charge < -0.3 is 10.0 Å².